The number of aromatic nitrogens is 1. The first-order valence-corrected chi connectivity index (χ1v) is 6.18. The highest BCUT2D eigenvalue weighted by molar-refractivity contribution is 9.10. The molecule has 92 valence electrons. The second-order valence-corrected chi connectivity index (χ2v) is 4.74. The van der Waals surface area contributed by atoms with E-state index in [0.29, 0.717) is 17.9 Å². The molecule has 3 N–H and O–H groups in total. The minimum absolute atomic E-state index is 0.102. The molecule has 0 unspecified atom stereocenters. The molecule has 1 heterocycles. The molecule has 0 saturated heterocycles. The van der Waals surface area contributed by atoms with E-state index in [2.05, 4.69) is 26.2 Å². The molecule has 0 spiro atoms. The lowest BCUT2D eigenvalue weighted by atomic mass is 10.1. The number of carbonyl (C=O) groups is 1. The van der Waals surface area contributed by atoms with Crippen molar-refractivity contribution in [2.75, 3.05) is 11.1 Å². The molecular formula is C13H12BrN3O. The van der Waals surface area contributed by atoms with Gasteiger partial charge in [-0.05, 0) is 29.8 Å². The van der Waals surface area contributed by atoms with Gasteiger partial charge in [0.1, 0.15) is 5.82 Å². The molecule has 0 bridgehead atoms. The molecule has 2 rings (SSSR count). The van der Waals surface area contributed by atoms with E-state index < -0.39 is 0 Å². The number of nitrogens with one attached hydrogen (secondary N) is 1. The van der Waals surface area contributed by atoms with Gasteiger partial charge >= 0.3 is 0 Å². The van der Waals surface area contributed by atoms with E-state index in [1.807, 2.05) is 24.3 Å². The number of nitrogen functional groups attached to an aromatic ring is 1. The van der Waals surface area contributed by atoms with Gasteiger partial charge in [0.05, 0.1) is 18.3 Å². The molecule has 1 aromatic carbocycles. The van der Waals surface area contributed by atoms with Crippen molar-refractivity contribution in [3.05, 3.63) is 52.6 Å². The number of halogens is 1. The van der Waals surface area contributed by atoms with E-state index in [-0.39, 0.29) is 5.91 Å². The topological polar surface area (TPSA) is 68.0 Å². The Morgan fingerprint density at radius 2 is 1.94 bits per heavy atom. The van der Waals surface area contributed by atoms with Crippen molar-refractivity contribution < 1.29 is 4.79 Å². The van der Waals surface area contributed by atoms with E-state index in [0.717, 1.165) is 10.0 Å². The first-order chi connectivity index (χ1) is 8.63. The largest absolute Gasteiger partial charge is 0.397 e. The monoisotopic (exact) mass is 305 g/mol. The van der Waals surface area contributed by atoms with Crippen LogP contribution in [-0.2, 0) is 11.2 Å². The molecule has 0 aliphatic heterocycles. The second-order valence-electron chi connectivity index (χ2n) is 3.83. The molecule has 2 aromatic rings. The van der Waals surface area contributed by atoms with Crippen LogP contribution in [0.1, 0.15) is 5.56 Å². The number of pyridine rings is 1. The Kier molecular flexibility index (Phi) is 3.94. The Bertz CT molecular complexity index is 488. The molecule has 0 aliphatic carbocycles. The van der Waals surface area contributed by atoms with E-state index in [1.54, 1.807) is 12.1 Å². The van der Waals surface area contributed by atoms with Gasteiger partial charge < -0.3 is 11.1 Å². The number of nitrogens with two attached hydrogens (primary N) is 1. The summed E-state index contributed by atoms with van der Waals surface area (Å²) in [4.78, 5) is 15.8. The van der Waals surface area contributed by atoms with Gasteiger partial charge in [0.2, 0.25) is 5.91 Å². The van der Waals surface area contributed by atoms with Gasteiger partial charge in [-0.25, -0.2) is 4.98 Å². The number of benzene rings is 1. The highest BCUT2D eigenvalue weighted by atomic mass is 79.9. The second kappa shape index (κ2) is 5.64. The van der Waals surface area contributed by atoms with Crippen molar-refractivity contribution in [3.8, 4) is 0 Å². The molecule has 18 heavy (non-hydrogen) atoms. The number of carbonyl (C=O) groups excluding carboxylic acids is 1. The quantitative estimate of drug-likeness (QED) is 0.916. The first-order valence-electron chi connectivity index (χ1n) is 5.39. The lowest BCUT2D eigenvalue weighted by Crippen LogP contribution is -2.15. The van der Waals surface area contributed by atoms with Crippen LogP contribution < -0.4 is 11.1 Å². The fourth-order valence-corrected chi connectivity index (χ4v) is 1.72. The minimum atomic E-state index is -0.102. The summed E-state index contributed by atoms with van der Waals surface area (Å²) in [5, 5.41) is 2.71. The van der Waals surface area contributed by atoms with Crippen LogP contribution in [0, 0.1) is 0 Å². The first kappa shape index (κ1) is 12.6. The number of amides is 1. The summed E-state index contributed by atoms with van der Waals surface area (Å²) in [5.74, 6) is 0.404. The Labute approximate surface area is 113 Å². The summed E-state index contributed by atoms with van der Waals surface area (Å²) in [5.41, 5.74) is 7.04. The highest BCUT2D eigenvalue weighted by Gasteiger charge is 2.04. The van der Waals surface area contributed by atoms with Crippen LogP contribution in [0.5, 0.6) is 0 Å². The molecule has 0 fully saturated rings. The Morgan fingerprint density at radius 1 is 1.22 bits per heavy atom. The summed E-state index contributed by atoms with van der Waals surface area (Å²) in [6, 6.07) is 11.0. The van der Waals surface area contributed by atoms with Crippen LogP contribution in [0.15, 0.2) is 47.1 Å². The maximum Gasteiger partial charge on any atom is 0.229 e. The molecule has 0 aliphatic rings. The summed E-state index contributed by atoms with van der Waals surface area (Å²) >= 11 is 3.35. The Morgan fingerprint density at radius 3 is 2.56 bits per heavy atom. The third kappa shape index (κ3) is 3.56. The van der Waals surface area contributed by atoms with Crippen LogP contribution in [0.25, 0.3) is 0 Å². The molecule has 1 amide bonds. The normalized spacial score (nSPS) is 10.1. The fraction of sp³-hybridized carbons (Fsp3) is 0.0769. The SMILES string of the molecule is Nc1ccc(NC(=O)Cc2ccc(Br)cc2)nc1. The third-order valence-electron chi connectivity index (χ3n) is 2.33. The average molecular weight is 306 g/mol. The maximum absolute atomic E-state index is 11.8. The fourth-order valence-electron chi connectivity index (χ4n) is 1.45. The standard InChI is InChI=1S/C13H12BrN3O/c14-10-3-1-9(2-4-10)7-13(18)17-12-6-5-11(15)8-16-12/h1-6,8H,7,15H2,(H,16,17,18). The van der Waals surface area contributed by atoms with Crippen LogP contribution in [0.3, 0.4) is 0 Å². The Balaban J connectivity index is 1.96. The lowest BCUT2D eigenvalue weighted by Gasteiger charge is -2.04. The number of hydrogen-bond acceptors (Lipinski definition) is 3. The van der Waals surface area contributed by atoms with Gasteiger partial charge in [-0.1, -0.05) is 28.1 Å². The number of nitrogens with zero attached hydrogens (tertiary/aromatic N) is 1. The molecule has 0 radical (unpaired) electrons. The van der Waals surface area contributed by atoms with Crippen molar-refractivity contribution in [2.45, 2.75) is 6.42 Å². The zero-order chi connectivity index (χ0) is 13.0. The lowest BCUT2D eigenvalue weighted by molar-refractivity contribution is -0.115. The smallest absolute Gasteiger partial charge is 0.229 e. The highest BCUT2D eigenvalue weighted by Crippen LogP contribution is 2.12. The minimum Gasteiger partial charge on any atom is -0.397 e. The van der Waals surface area contributed by atoms with Crippen molar-refractivity contribution in [2.24, 2.45) is 0 Å². The van der Waals surface area contributed by atoms with Gasteiger partial charge in [-0.3, -0.25) is 4.79 Å². The van der Waals surface area contributed by atoms with Crippen LogP contribution in [0.4, 0.5) is 11.5 Å². The van der Waals surface area contributed by atoms with E-state index in [4.69, 9.17) is 5.73 Å². The predicted molar refractivity (Wildman–Crippen MR) is 75.1 cm³/mol. The van der Waals surface area contributed by atoms with Crippen molar-refractivity contribution >= 4 is 33.3 Å². The molecule has 5 heteroatoms. The molecule has 4 nitrogen and oxygen atoms in total. The van der Waals surface area contributed by atoms with E-state index in [1.165, 1.54) is 6.20 Å². The van der Waals surface area contributed by atoms with Gasteiger partial charge in [0, 0.05) is 4.47 Å². The molecule has 0 saturated carbocycles. The Hall–Kier alpha value is -1.88. The average Bonchev–Trinajstić information content (AvgIpc) is 2.35. The van der Waals surface area contributed by atoms with Gasteiger partial charge in [0.25, 0.3) is 0 Å². The van der Waals surface area contributed by atoms with Crippen LogP contribution >= 0.6 is 15.9 Å². The number of anilines is 2. The summed E-state index contributed by atoms with van der Waals surface area (Å²) in [6.07, 6.45) is 1.83. The zero-order valence-electron chi connectivity index (χ0n) is 9.56. The maximum atomic E-state index is 11.8. The van der Waals surface area contributed by atoms with Gasteiger partial charge in [-0.15, -0.1) is 0 Å². The van der Waals surface area contributed by atoms with Crippen LogP contribution in [-0.4, -0.2) is 10.9 Å². The summed E-state index contributed by atoms with van der Waals surface area (Å²) in [7, 11) is 0. The van der Waals surface area contributed by atoms with Crippen molar-refractivity contribution in [3.63, 3.8) is 0 Å². The zero-order valence-corrected chi connectivity index (χ0v) is 11.1. The van der Waals surface area contributed by atoms with Gasteiger partial charge in [-0.2, -0.15) is 0 Å². The number of rotatable bonds is 3. The third-order valence-corrected chi connectivity index (χ3v) is 2.86. The molecule has 0 atom stereocenters. The molecule has 1 aromatic heterocycles. The summed E-state index contributed by atoms with van der Waals surface area (Å²) < 4.78 is 0.992. The van der Waals surface area contributed by atoms with Gasteiger partial charge in [0.15, 0.2) is 0 Å². The van der Waals surface area contributed by atoms with Crippen molar-refractivity contribution in [1.29, 1.82) is 0 Å². The van der Waals surface area contributed by atoms with Crippen molar-refractivity contribution in [1.82, 2.24) is 4.98 Å². The summed E-state index contributed by atoms with van der Waals surface area (Å²) in [6.45, 7) is 0. The predicted octanol–water partition coefficient (Wildman–Crippen LogP) is 2.61. The molecular weight excluding hydrogens is 294 g/mol. The van der Waals surface area contributed by atoms with E-state index in [9.17, 15) is 4.79 Å². The number of hydrogen-bond donors (Lipinski definition) is 2. The van der Waals surface area contributed by atoms with E-state index >= 15 is 0 Å². The van der Waals surface area contributed by atoms with Crippen LogP contribution in [0.2, 0.25) is 0 Å².